The van der Waals surface area contributed by atoms with E-state index < -0.39 is 0 Å². The molecule has 1 fully saturated rings. The summed E-state index contributed by atoms with van der Waals surface area (Å²) in [5.74, 6) is -0.317. The van der Waals surface area contributed by atoms with Crippen molar-refractivity contribution in [3.63, 3.8) is 0 Å². The lowest BCUT2D eigenvalue weighted by molar-refractivity contribution is 0.623. The Balaban J connectivity index is 1.70. The molecule has 0 atom stereocenters. The molecule has 0 N–H and O–H groups in total. The third-order valence-electron chi connectivity index (χ3n) is 5.16. The first-order chi connectivity index (χ1) is 14.2. The number of rotatable bonds is 4. The molecule has 0 spiro atoms. The zero-order valence-corrected chi connectivity index (χ0v) is 16.5. The topological polar surface area (TPSA) is 51.0 Å². The van der Waals surface area contributed by atoms with Gasteiger partial charge in [-0.25, -0.2) is 14.2 Å². The van der Waals surface area contributed by atoms with Gasteiger partial charge in [0.25, 0.3) is 0 Å². The molecule has 1 saturated heterocycles. The van der Waals surface area contributed by atoms with Gasteiger partial charge in [0.1, 0.15) is 21.9 Å². The molecule has 3 heterocycles. The summed E-state index contributed by atoms with van der Waals surface area (Å²) in [4.78, 5) is 25.3. The van der Waals surface area contributed by atoms with Crippen molar-refractivity contribution >= 4 is 26.8 Å². The minimum Gasteiger partial charge on any atom is -0.348 e. The van der Waals surface area contributed by atoms with Gasteiger partial charge in [-0.05, 0) is 30.5 Å². The Morgan fingerprint density at radius 2 is 1.79 bits per heavy atom. The summed E-state index contributed by atoms with van der Waals surface area (Å²) in [5.41, 5.74) is 2.56. The van der Waals surface area contributed by atoms with Crippen LogP contribution in [-0.2, 0) is 6.54 Å². The molecule has 4 aromatic rings. The average Bonchev–Trinajstić information content (AvgIpc) is 3.40. The van der Waals surface area contributed by atoms with Crippen LogP contribution in [-0.4, -0.2) is 27.6 Å². The minimum absolute atomic E-state index is 0.261. The van der Waals surface area contributed by atoms with E-state index in [0.717, 1.165) is 52.5 Å². The summed E-state index contributed by atoms with van der Waals surface area (Å²) in [5, 5.41) is 0.912. The van der Waals surface area contributed by atoms with Crippen LogP contribution in [0.2, 0.25) is 0 Å². The van der Waals surface area contributed by atoms with Crippen molar-refractivity contribution in [2.45, 2.75) is 19.4 Å². The molecule has 5 rings (SSSR count). The van der Waals surface area contributed by atoms with Crippen LogP contribution in [0.4, 0.5) is 9.52 Å². The summed E-state index contributed by atoms with van der Waals surface area (Å²) >= 11 is 1.51. The van der Waals surface area contributed by atoms with E-state index in [1.807, 2.05) is 36.4 Å². The van der Waals surface area contributed by atoms with Crippen molar-refractivity contribution in [1.82, 2.24) is 14.5 Å². The van der Waals surface area contributed by atoms with Crippen LogP contribution in [0, 0.1) is 5.82 Å². The predicted octanol–water partition coefficient (Wildman–Crippen LogP) is 4.31. The molecular weight excluding hydrogens is 387 g/mol. The van der Waals surface area contributed by atoms with E-state index in [1.54, 1.807) is 10.6 Å². The quantitative estimate of drug-likeness (QED) is 0.507. The third-order valence-corrected chi connectivity index (χ3v) is 6.30. The number of benzene rings is 2. The maximum Gasteiger partial charge on any atom is 0.349 e. The van der Waals surface area contributed by atoms with E-state index in [0.29, 0.717) is 5.69 Å². The molecule has 0 radical (unpaired) electrons. The van der Waals surface area contributed by atoms with E-state index in [4.69, 9.17) is 4.98 Å². The van der Waals surface area contributed by atoms with Crippen LogP contribution in [0.3, 0.4) is 0 Å². The van der Waals surface area contributed by atoms with Gasteiger partial charge in [0.2, 0.25) is 0 Å². The number of hydrogen-bond acceptors (Lipinski definition) is 5. The Bertz CT molecular complexity index is 1230. The van der Waals surface area contributed by atoms with Crippen molar-refractivity contribution in [3.8, 4) is 11.3 Å². The normalized spacial score (nSPS) is 14.0. The average molecular weight is 406 g/mol. The Labute approximate surface area is 171 Å². The molecule has 2 aromatic carbocycles. The Morgan fingerprint density at radius 3 is 2.55 bits per heavy atom. The fraction of sp³-hybridized carbons (Fsp3) is 0.227. The maximum absolute atomic E-state index is 13.7. The summed E-state index contributed by atoms with van der Waals surface area (Å²) < 4.78 is 15.3. The summed E-state index contributed by atoms with van der Waals surface area (Å²) in [6.07, 6.45) is 2.30. The SMILES string of the molecule is O=c1nc(-c2ccccc2)c2nc(N3CCCC3)sc2n1Cc1cccc(F)c1. The van der Waals surface area contributed by atoms with Crippen LogP contribution in [0.25, 0.3) is 21.6 Å². The van der Waals surface area contributed by atoms with Gasteiger partial charge in [0.05, 0.1) is 6.54 Å². The number of anilines is 1. The standard InChI is InChI=1S/C22H19FN4OS/c23-17-10-6-7-15(13-17)14-27-20-19(25-22(29-20)26-11-4-5-12-26)18(24-21(27)28)16-8-2-1-3-9-16/h1-3,6-10,13H,4-5,11-12,14H2. The van der Waals surface area contributed by atoms with Crippen molar-refractivity contribution in [2.75, 3.05) is 18.0 Å². The molecule has 0 amide bonds. The first-order valence-electron chi connectivity index (χ1n) is 9.65. The van der Waals surface area contributed by atoms with Gasteiger partial charge in [0.15, 0.2) is 5.13 Å². The van der Waals surface area contributed by atoms with Crippen LogP contribution in [0.15, 0.2) is 59.4 Å². The maximum atomic E-state index is 13.7. The fourth-order valence-electron chi connectivity index (χ4n) is 3.73. The zero-order chi connectivity index (χ0) is 19.8. The highest BCUT2D eigenvalue weighted by atomic mass is 32.1. The molecule has 0 bridgehead atoms. The third kappa shape index (κ3) is 3.42. The summed E-state index contributed by atoms with van der Waals surface area (Å²) in [7, 11) is 0. The van der Waals surface area contributed by atoms with Crippen molar-refractivity contribution in [2.24, 2.45) is 0 Å². The minimum atomic E-state index is -0.350. The van der Waals surface area contributed by atoms with Gasteiger partial charge in [-0.1, -0.05) is 53.8 Å². The Morgan fingerprint density at radius 1 is 1.00 bits per heavy atom. The second-order valence-electron chi connectivity index (χ2n) is 7.17. The lowest BCUT2D eigenvalue weighted by atomic mass is 10.1. The molecule has 0 aliphatic carbocycles. The molecule has 0 unspecified atom stereocenters. The Kier molecular flexibility index (Phi) is 4.60. The smallest absolute Gasteiger partial charge is 0.348 e. The second-order valence-corrected chi connectivity index (χ2v) is 8.13. The number of fused-ring (bicyclic) bond motifs is 1. The lowest BCUT2D eigenvalue weighted by Gasteiger charge is -2.11. The summed E-state index contributed by atoms with van der Waals surface area (Å²) in [6, 6.07) is 16.0. The second kappa shape index (κ2) is 7.40. The molecule has 1 aliphatic rings. The highest BCUT2D eigenvalue weighted by molar-refractivity contribution is 7.22. The number of aromatic nitrogens is 3. The van der Waals surface area contributed by atoms with E-state index in [1.165, 1.54) is 23.5 Å². The van der Waals surface area contributed by atoms with Gasteiger partial charge in [-0.3, -0.25) is 4.57 Å². The Hall–Kier alpha value is -3.06. The van der Waals surface area contributed by atoms with Crippen LogP contribution < -0.4 is 10.6 Å². The van der Waals surface area contributed by atoms with E-state index in [-0.39, 0.29) is 18.1 Å². The van der Waals surface area contributed by atoms with Gasteiger partial charge in [-0.15, -0.1) is 0 Å². The number of hydrogen-bond donors (Lipinski definition) is 0. The van der Waals surface area contributed by atoms with E-state index >= 15 is 0 Å². The van der Waals surface area contributed by atoms with Crippen LogP contribution in [0.1, 0.15) is 18.4 Å². The first-order valence-corrected chi connectivity index (χ1v) is 10.5. The molecule has 7 heteroatoms. The number of halogens is 1. The van der Waals surface area contributed by atoms with Crippen molar-refractivity contribution in [1.29, 1.82) is 0 Å². The molecule has 29 heavy (non-hydrogen) atoms. The zero-order valence-electron chi connectivity index (χ0n) is 15.7. The van der Waals surface area contributed by atoms with E-state index in [2.05, 4.69) is 9.88 Å². The van der Waals surface area contributed by atoms with Gasteiger partial charge < -0.3 is 4.90 Å². The van der Waals surface area contributed by atoms with Crippen LogP contribution >= 0.6 is 11.3 Å². The van der Waals surface area contributed by atoms with Crippen molar-refractivity contribution < 1.29 is 4.39 Å². The molecule has 5 nitrogen and oxygen atoms in total. The predicted molar refractivity (Wildman–Crippen MR) is 114 cm³/mol. The fourth-order valence-corrected chi connectivity index (χ4v) is 4.85. The molecule has 2 aromatic heterocycles. The molecule has 0 saturated carbocycles. The van der Waals surface area contributed by atoms with Gasteiger partial charge in [-0.2, -0.15) is 4.98 Å². The largest absolute Gasteiger partial charge is 0.349 e. The lowest BCUT2D eigenvalue weighted by Crippen LogP contribution is -2.24. The summed E-state index contributed by atoms with van der Waals surface area (Å²) in [6.45, 7) is 2.21. The van der Waals surface area contributed by atoms with Crippen LogP contribution in [0.5, 0.6) is 0 Å². The van der Waals surface area contributed by atoms with Gasteiger partial charge in [0, 0.05) is 18.7 Å². The molecular formula is C22H19FN4OS. The highest BCUT2D eigenvalue weighted by Crippen LogP contribution is 2.34. The van der Waals surface area contributed by atoms with E-state index in [9.17, 15) is 9.18 Å². The first kappa shape index (κ1) is 18.0. The molecule has 146 valence electrons. The van der Waals surface area contributed by atoms with Gasteiger partial charge >= 0.3 is 5.69 Å². The van der Waals surface area contributed by atoms with Crippen molar-refractivity contribution in [3.05, 3.63) is 76.5 Å². The molecule has 1 aliphatic heterocycles. The monoisotopic (exact) mass is 406 g/mol. The number of nitrogens with zero attached hydrogens (tertiary/aromatic N) is 4. The number of thiazole rings is 1. The highest BCUT2D eigenvalue weighted by Gasteiger charge is 2.22.